The van der Waals surface area contributed by atoms with Gasteiger partial charge in [0.05, 0.1) is 0 Å². The van der Waals surface area contributed by atoms with E-state index in [1.807, 2.05) is 0 Å². The number of hydrogen-bond acceptors (Lipinski definition) is 2. The Hall–Kier alpha value is -1.32. The molecule has 0 saturated carbocycles. The van der Waals surface area contributed by atoms with Crippen molar-refractivity contribution in [2.75, 3.05) is 13.6 Å². The summed E-state index contributed by atoms with van der Waals surface area (Å²) >= 11 is 0. The first-order chi connectivity index (χ1) is 6.49. The van der Waals surface area contributed by atoms with Crippen LogP contribution in [0.2, 0.25) is 0 Å². The molecule has 0 saturated heterocycles. The lowest BCUT2D eigenvalue weighted by Crippen LogP contribution is -2.16. The van der Waals surface area contributed by atoms with E-state index in [2.05, 4.69) is 13.8 Å². The second-order valence-electron chi connectivity index (χ2n) is 2.94. The molecule has 0 fully saturated rings. The van der Waals surface area contributed by atoms with Crippen LogP contribution in [0.1, 0.15) is 27.2 Å². The van der Waals surface area contributed by atoms with E-state index in [1.54, 1.807) is 7.05 Å². The largest absolute Gasteiger partial charge is 0.478 e. The molecule has 4 heteroatoms. The minimum atomic E-state index is -0.954. The van der Waals surface area contributed by atoms with Gasteiger partial charge in [0.1, 0.15) is 0 Å². The van der Waals surface area contributed by atoms with Crippen molar-refractivity contribution in [1.29, 1.82) is 0 Å². The summed E-state index contributed by atoms with van der Waals surface area (Å²) in [5.74, 6) is -0.954. The summed E-state index contributed by atoms with van der Waals surface area (Å²) in [6.45, 7) is 6.07. The fourth-order valence-electron chi connectivity index (χ4n) is 0.411. The van der Waals surface area contributed by atoms with Crippen LogP contribution in [0, 0.1) is 0 Å². The average molecular weight is 201 g/mol. The maximum absolute atomic E-state index is 10.2. The molecule has 0 radical (unpaired) electrons. The van der Waals surface area contributed by atoms with Gasteiger partial charge in [-0.2, -0.15) is 0 Å². The van der Waals surface area contributed by atoms with Crippen LogP contribution in [0.3, 0.4) is 0 Å². The fourth-order valence-corrected chi connectivity index (χ4v) is 0.411. The van der Waals surface area contributed by atoms with Crippen molar-refractivity contribution in [3.05, 3.63) is 11.6 Å². The van der Waals surface area contributed by atoms with Crippen LogP contribution < -0.4 is 0 Å². The molecule has 0 aromatic heterocycles. The molecule has 0 bridgehead atoms. The van der Waals surface area contributed by atoms with Crippen LogP contribution in [-0.2, 0) is 9.59 Å². The van der Waals surface area contributed by atoms with E-state index in [9.17, 15) is 9.59 Å². The Bertz CT molecular complexity index is 200. The van der Waals surface area contributed by atoms with Gasteiger partial charge in [0.2, 0.25) is 6.41 Å². The number of carbonyl (C=O) groups is 2. The zero-order valence-corrected chi connectivity index (χ0v) is 9.28. The van der Waals surface area contributed by atoms with E-state index in [0.717, 1.165) is 0 Å². The van der Waals surface area contributed by atoms with Gasteiger partial charge in [0.25, 0.3) is 0 Å². The van der Waals surface area contributed by atoms with Crippen molar-refractivity contribution < 1.29 is 14.7 Å². The van der Waals surface area contributed by atoms with Crippen molar-refractivity contribution in [2.24, 2.45) is 0 Å². The van der Waals surface area contributed by atoms with E-state index in [-0.39, 0.29) is 5.57 Å². The molecule has 0 aromatic rings. The zero-order valence-electron chi connectivity index (χ0n) is 9.28. The Morgan fingerprint density at radius 3 is 2.14 bits per heavy atom. The van der Waals surface area contributed by atoms with Crippen molar-refractivity contribution >= 4 is 12.4 Å². The molecule has 0 aliphatic rings. The lowest BCUT2D eigenvalue weighted by atomic mass is 10.3. The molecule has 14 heavy (non-hydrogen) atoms. The Kier molecular flexibility index (Phi) is 10.6. The lowest BCUT2D eigenvalue weighted by Gasteiger charge is -2.05. The van der Waals surface area contributed by atoms with Crippen molar-refractivity contribution in [3.8, 4) is 0 Å². The standard InChI is InChI=1S/C7H11NO3.C3H8/c1-6(7(10)11)3-4-8(2)5-9;1-3-2/h3,5H,4H2,1-2H3,(H,10,11);3H2,1-2H3/b6-3+;. The molecule has 0 spiro atoms. The molecule has 1 N–H and O–H groups in total. The van der Waals surface area contributed by atoms with Gasteiger partial charge >= 0.3 is 5.97 Å². The second kappa shape index (κ2) is 9.77. The van der Waals surface area contributed by atoms with Crippen molar-refractivity contribution in [1.82, 2.24) is 4.90 Å². The predicted molar refractivity (Wildman–Crippen MR) is 56.1 cm³/mol. The van der Waals surface area contributed by atoms with Crippen LogP contribution in [-0.4, -0.2) is 36.0 Å². The number of carboxylic acid groups (broad SMARTS) is 1. The van der Waals surface area contributed by atoms with E-state index in [4.69, 9.17) is 5.11 Å². The molecule has 0 aliphatic heterocycles. The Morgan fingerprint density at radius 1 is 1.43 bits per heavy atom. The molecule has 0 aromatic carbocycles. The quantitative estimate of drug-likeness (QED) is 0.554. The molecular formula is C10H19NO3. The van der Waals surface area contributed by atoms with Crippen LogP contribution in [0.5, 0.6) is 0 Å². The van der Waals surface area contributed by atoms with Crippen LogP contribution in [0.15, 0.2) is 11.6 Å². The fraction of sp³-hybridized carbons (Fsp3) is 0.600. The highest BCUT2D eigenvalue weighted by atomic mass is 16.4. The highest BCUT2D eigenvalue weighted by Gasteiger charge is 1.98. The van der Waals surface area contributed by atoms with Gasteiger partial charge in [-0.05, 0) is 6.92 Å². The Morgan fingerprint density at radius 2 is 1.86 bits per heavy atom. The molecule has 0 heterocycles. The molecule has 0 atom stereocenters. The normalized spacial score (nSPS) is 9.86. The summed E-state index contributed by atoms with van der Waals surface area (Å²) in [6, 6.07) is 0. The number of rotatable bonds is 4. The monoisotopic (exact) mass is 201 g/mol. The Balaban J connectivity index is 0. The van der Waals surface area contributed by atoms with Crippen LogP contribution >= 0.6 is 0 Å². The minimum Gasteiger partial charge on any atom is -0.478 e. The van der Waals surface area contributed by atoms with E-state index in [0.29, 0.717) is 13.0 Å². The zero-order chi connectivity index (χ0) is 11.6. The third-order valence-electron chi connectivity index (χ3n) is 1.20. The average Bonchev–Trinajstić information content (AvgIpc) is 2.14. The summed E-state index contributed by atoms with van der Waals surface area (Å²) in [6.07, 6.45) is 3.38. The Labute approximate surface area is 85.2 Å². The summed E-state index contributed by atoms with van der Waals surface area (Å²) in [5, 5.41) is 8.39. The van der Waals surface area contributed by atoms with E-state index >= 15 is 0 Å². The van der Waals surface area contributed by atoms with Gasteiger partial charge in [-0.15, -0.1) is 0 Å². The highest BCUT2D eigenvalue weighted by Crippen LogP contribution is 1.91. The number of nitrogens with zero attached hydrogens (tertiary/aromatic N) is 1. The molecule has 0 aliphatic carbocycles. The smallest absolute Gasteiger partial charge is 0.331 e. The predicted octanol–water partition coefficient (Wildman–Crippen LogP) is 1.52. The highest BCUT2D eigenvalue weighted by molar-refractivity contribution is 5.85. The first-order valence-electron chi connectivity index (χ1n) is 4.55. The van der Waals surface area contributed by atoms with Crippen LogP contribution in [0.4, 0.5) is 0 Å². The third-order valence-corrected chi connectivity index (χ3v) is 1.20. The molecule has 0 unspecified atom stereocenters. The number of carboxylic acids is 1. The van der Waals surface area contributed by atoms with Gasteiger partial charge in [-0.3, -0.25) is 4.79 Å². The van der Waals surface area contributed by atoms with E-state index in [1.165, 1.54) is 24.3 Å². The molecule has 0 rings (SSSR count). The molecular weight excluding hydrogens is 182 g/mol. The number of carbonyl (C=O) groups excluding carboxylic acids is 1. The van der Waals surface area contributed by atoms with Crippen molar-refractivity contribution in [3.63, 3.8) is 0 Å². The minimum absolute atomic E-state index is 0.249. The SMILES string of the molecule is C/C(=C\CN(C)C=O)C(=O)O.CCC. The maximum Gasteiger partial charge on any atom is 0.331 e. The van der Waals surface area contributed by atoms with Gasteiger partial charge in [0.15, 0.2) is 0 Å². The molecule has 82 valence electrons. The summed E-state index contributed by atoms with van der Waals surface area (Å²) < 4.78 is 0. The van der Waals surface area contributed by atoms with Gasteiger partial charge in [0, 0.05) is 19.2 Å². The third kappa shape index (κ3) is 10.7. The lowest BCUT2D eigenvalue weighted by molar-refractivity contribution is -0.132. The topological polar surface area (TPSA) is 57.6 Å². The number of likely N-dealkylation sites (N-methyl/N-ethyl adjacent to an activating group) is 1. The van der Waals surface area contributed by atoms with Crippen molar-refractivity contribution in [2.45, 2.75) is 27.2 Å². The molecule has 4 nitrogen and oxygen atoms in total. The first kappa shape index (κ1) is 15.2. The second-order valence-corrected chi connectivity index (χ2v) is 2.94. The van der Waals surface area contributed by atoms with Gasteiger partial charge in [-0.25, -0.2) is 4.79 Å². The van der Waals surface area contributed by atoms with Gasteiger partial charge in [-0.1, -0.05) is 26.3 Å². The summed E-state index contributed by atoms with van der Waals surface area (Å²) in [4.78, 5) is 21.6. The maximum atomic E-state index is 10.2. The summed E-state index contributed by atoms with van der Waals surface area (Å²) in [7, 11) is 1.58. The number of hydrogen-bond donors (Lipinski definition) is 1. The summed E-state index contributed by atoms with van der Waals surface area (Å²) in [5.41, 5.74) is 0.249. The number of amides is 1. The molecule has 1 amide bonds. The van der Waals surface area contributed by atoms with Gasteiger partial charge < -0.3 is 10.0 Å². The number of aliphatic carboxylic acids is 1. The van der Waals surface area contributed by atoms with Crippen LogP contribution in [0.25, 0.3) is 0 Å². The van der Waals surface area contributed by atoms with E-state index < -0.39 is 5.97 Å². The first-order valence-corrected chi connectivity index (χ1v) is 4.55.